The van der Waals surface area contributed by atoms with Crippen LogP contribution in [0, 0.1) is 0 Å². The Hall–Kier alpha value is -1.35. The molecule has 0 unspecified atom stereocenters. The SMILES string of the molecule is CC(C)N(C)S(=O)(=O)c1ccc(NC(=O)CSc2ccc(Br)cc2)cc1. The van der Waals surface area contributed by atoms with Crippen LogP contribution in [0.4, 0.5) is 5.69 Å². The summed E-state index contributed by atoms with van der Waals surface area (Å²) in [6.07, 6.45) is 0. The van der Waals surface area contributed by atoms with Crippen LogP contribution < -0.4 is 5.32 Å². The van der Waals surface area contributed by atoms with Crippen molar-refractivity contribution in [2.75, 3.05) is 18.1 Å². The molecule has 1 amide bonds. The summed E-state index contributed by atoms with van der Waals surface area (Å²) in [5, 5.41) is 2.78. The van der Waals surface area contributed by atoms with Crippen molar-refractivity contribution in [3.05, 3.63) is 53.0 Å². The highest BCUT2D eigenvalue weighted by Gasteiger charge is 2.22. The summed E-state index contributed by atoms with van der Waals surface area (Å²) in [4.78, 5) is 13.3. The minimum atomic E-state index is -3.52. The Morgan fingerprint density at radius 3 is 2.23 bits per heavy atom. The predicted octanol–water partition coefficient (Wildman–Crippen LogP) is 4.21. The fraction of sp³-hybridized carbons (Fsp3) is 0.278. The van der Waals surface area contributed by atoms with Crippen molar-refractivity contribution in [2.45, 2.75) is 29.7 Å². The summed E-state index contributed by atoms with van der Waals surface area (Å²) in [6, 6.07) is 13.8. The van der Waals surface area contributed by atoms with Crippen molar-refractivity contribution in [1.82, 2.24) is 4.31 Å². The van der Waals surface area contributed by atoms with Crippen LogP contribution in [0.15, 0.2) is 62.8 Å². The molecule has 8 heteroatoms. The van der Waals surface area contributed by atoms with Crippen molar-refractivity contribution in [2.24, 2.45) is 0 Å². The van der Waals surface area contributed by atoms with E-state index in [2.05, 4.69) is 21.2 Å². The standard InChI is InChI=1S/C18H21BrN2O3S2/c1-13(2)21(3)26(23,24)17-10-6-15(7-11-17)20-18(22)12-25-16-8-4-14(19)5-9-16/h4-11,13H,12H2,1-3H3,(H,20,22). The maximum Gasteiger partial charge on any atom is 0.243 e. The molecule has 2 aromatic rings. The number of nitrogens with one attached hydrogen (secondary N) is 1. The van der Waals surface area contributed by atoms with E-state index in [0.29, 0.717) is 5.69 Å². The molecular weight excluding hydrogens is 436 g/mol. The second-order valence-electron chi connectivity index (χ2n) is 5.93. The van der Waals surface area contributed by atoms with E-state index < -0.39 is 10.0 Å². The van der Waals surface area contributed by atoms with Gasteiger partial charge in [0, 0.05) is 28.1 Å². The van der Waals surface area contributed by atoms with E-state index in [-0.39, 0.29) is 22.6 Å². The van der Waals surface area contributed by atoms with Gasteiger partial charge in [0.1, 0.15) is 0 Å². The predicted molar refractivity (Wildman–Crippen MR) is 110 cm³/mol. The topological polar surface area (TPSA) is 66.5 Å². The first-order valence-electron chi connectivity index (χ1n) is 7.96. The Kier molecular flexibility index (Phi) is 7.28. The highest BCUT2D eigenvalue weighted by Crippen LogP contribution is 2.22. The molecule has 1 N–H and O–H groups in total. The van der Waals surface area contributed by atoms with Gasteiger partial charge in [-0.2, -0.15) is 4.31 Å². The number of anilines is 1. The van der Waals surface area contributed by atoms with Crippen LogP contribution in [0.3, 0.4) is 0 Å². The zero-order valence-corrected chi connectivity index (χ0v) is 18.0. The Morgan fingerprint density at radius 1 is 1.12 bits per heavy atom. The molecule has 0 spiro atoms. The molecule has 0 fully saturated rings. The molecule has 2 rings (SSSR count). The number of hydrogen-bond donors (Lipinski definition) is 1. The third kappa shape index (κ3) is 5.57. The molecule has 2 aromatic carbocycles. The number of carbonyl (C=O) groups excluding carboxylic acids is 1. The van der Waals surface area contributed by atoms with Crippen molar-refractivity contribution in [1.29, 1.82) is 0 Å². The van der Waals surface area contributed by atoms with Crippen LogP contribution in [0.25, 0.3) is 0 Å². The van der Waals surface area contributed by atoms with Crippen molar-refractivity contribution < 1.29 is 13.2 Å². The summed E-state index contributed by atoms with van der Waals surface area (Å²) >= 11 is 4.81. The quantitative estimate of drug-likeness (QED) is 0.633. The molecular formula is C18H21BrN2O3S2. The molecule has 0 atom stereocenters. The molecule has 0 aliphatic heterocycles. The van der Waals surface area contributed by atoms with E-state index in [1.54, 1.807) is 19.2 Å². The molecule has 5 nitrogen and oxygen atoms in total. The maximum absolute atomic E-state index is 12.4. The first kappa shape index (κ1) is 21.0. The minimum Gasteiger partial charge on any atom is -0.325 e. The monoisotopic (exact) mass is 456 g/mol. The lowest BCUT2D eigenvalue weighted by Crippen LogP contribution is -2.33. The van der Waals surface area contributed by atoms with Crippen molar-refractivity contribution in [3.8, 4) is 0 Å². The molecule has 0 aliphatic carbocycles. The van der Waals surface area contributed by atoms with Crippen LogP contribution in [0.1, 0.15) is 13.8 Å². The highest BCUT2D eigenvalue weighted by atomic mass is 79.9. The van der Waals surface area contributed by atoms with Crippen LogP contribution >= 0.6 is 27.7 Å². The van der Waals surface area contributed by atoms with Gasteiger partial charge in [0.2, 0.25) is 15.9 Å². The van der Waals surface area contributed by atoms with Crippen LogP contribution in [-0.2, 0) is 14.8 Å². The van der Waals surface area contributed by atoms with E-state index in [4.69, 9.17) is 0 Å². The maximum atomic E-state index is 12.4. The lowest BCUT2D eigenvalue weighted by atomic mass is 10.3. The first-order valence-corrected chi connectivity index (χ1v) is 11.2. The van der Waals surface area contributed by atoms with E-state index in [1.165, 1.54) is 28.2 Å². The van der Waals surface area contributed by atoms with Gasteiger partial charge in [-0.1, -0.05) is 15.9 Å². The second kappa shape index (κ2) is 9.03. The lowest BCUT2D eigenvalue weighted by Gasteiger charge is -2.21. The van der Waals surface area contributed by atoms with Crippen LogP contribution in [0.2, 0.25) is 0 Å². The number of benzene rings is 2. The van der Waals surface area contributed by atoms with Gasteiger partial charge in [0.05, 0.1) is 10.6 Å². The zero-order chi connectivity index (χ0) is 19.3. The number of carbonyl (C=O) groups is 1. The number of halogens is 1. The summed E-state index contributed by atoms with van der Waals surface area (Å²) in [5.74, 6) is 0.130. The molecule has 26 heavy (non-hydrogen) atoms. The number of thioether (sulfide) groups is 1. The lowest BCUT2D eigenvalue weighted by molar-refractivity contribution is -0.113. The number of amides is 1. The van der Waals surface area contributed by atoms with E-state index in [1.807, 2.05) is 38.1 Å². The Balaban J connectivity index is 1.96. The Bertz CT molecular complexity index is 851. The number of sulfonamides is 1. The van der Waals surface area contributed by atoms with E-state index >= 15 is 0 Å². The summed E-state index contributed by atoms with van der Waals surface area (Å²) in [6.45, 7) is 3.63. The third-order valence-electron chi connectivity index (χ3n) is 3.73. The van der Waals surface area contributed by atoms with Gasteiger partial charge < -0.3 is 5.32 Å². The molecule has 0 aliphatic rings. The molecule has 140 valence electrons. The molecule has 0 saturated carbocycles. The highest BCUT2D eigenvalue weighted by molar-refractivity contribution is 9.10. The van der Waals surface area contributed by atoms with Crippen molar-refractivity contribution >= 4 is 49.3 Å². The van der Waals surface area contributed by atoms with Crippen molar-refractivity contribution in [3.63, 3.8) is 0 Å². The van der Waals surface area contributed by atoms with Gasteiger partial charge in [-0.05, 0) is 62.4 Å². The van der Waals surface area contributed by atoms with Gasteiger partial charge >= 0.3 is 0 Å². The Morgan fingerprint density at radius 2 is 1.69 bits per heavy atom. The fourth-order valence-corrected chi connectivity index (χ4v) is 4.36. The normalized spacial score (nSPS) is 11.8. The smallest absolute Gasteiger partial charge is 0.243 e. The number of hydrogen-bond acceptors (Lipinski definition) is 4. The molecule has 0 aromatic heterocycles. The van der Waals surface area contributed by atoms with Crippen LogP contribution in [0.5, 0.6) is 0 Å². The fourth-order valence-electron chi connectivity index (χ4n) is 2.03. The number of nitrogens with zero attached hydrogens (tertiary/aromatic N) is 1. The van der Waals surface area contributed by atoms with Crippen LogP contribution in [-0.4, -0.2) is 37.5 Å². The van der Waals surface area contributed by atoms with E-state index in [0.717, 1.165) is 9.37 Å². The summed E-state index contributed by atoms with van der Waals surface area (Å²) in [5.41, 5.74) is 0.567. The largest absolute Gasteiger partial charge is 0.325 e. The summed E-state index contributed by atoms with van der Waals surface area (Å²) in [7, 11) is -1.97. The van der Waals surface area contributed by atoms with Gasteiger partial charge in [-0.15, -0.1) is 11.8 Å². The molecule has 0 radical (unpaired) electrons. The second-order valence-corrected chi connectivity index (χ2v) is 9.89. The van der Waals surface area contributed by atoms with Gasteiger partial charge in [0.15, 0.2) is 0 Å². The average Bonchev–Trinajstić information content (AvgIpc) is 2.61. The molecule has 0 bridgehead atoms. The number of rotatable bonds is 7. The minimum absolute atomic E-state index is 0.130. The first-order chi connectivity index (χ1) is 12.2. The third-order valence-corrected chi connectivity index (χ3v) is 7.31. The van der Waals surface area contributed by atoms with Gasteiger partial charge in [-0.25, -0.2) is 8.42 Å². The molecule has 0 saturated heterocycles. The van der Waals surface area contributed by atoms with Gasteiger partial charge in [0.25, 0.3) is 0 Å². The summed E-state index contributed by atoms with van der Waals surface area (Å²) < 4.78 is 27.1. The zero-order valence-electron chi connectivity index (χ0n) is 14.8. The van der Waals surface area contributed by atoms with Gasteiger partial charge in [-0.3, -0.25) is 4.79 Å². The average molecular weight is 457 g/mol. The molecule has 0 heterocycles. The van der Waals surface area contributed by atoms with E-state index in [9.17, 15) is 13.2 Å². The Labute approximate surface area is 167 Å².